The number of carbonyl (C=O) groups is 1. The van der Waals surface area contributed by atoms with Crippen molar-refractivity contribution in [1.82, 2.24) is 4.90 Å². The van der Waals surface area contributed by atoms with E-state index < -0.39 is 6.09 Å². The summed E-state index contributed by atoms with van der Waals surface area (Å²) < 4.78 is 5.29. The highest BCUT2D eigenvalue weighted by atomic mass is 16.6. The molecule has 21 heavy (non-hydrogen) atoms. The van der Waals surface area contributed by atoms with Crippen LogP contribution in [-0.4, -0.2) is 29.3 Å². The lowest BCUT2D eigenvalue weighted by Crippen LogP contribution is -2.33. The van der Waals surface area contributed by atoms with E-state index in [0.717, 1.165) is 11.1 Å². The SMILES string of the molecule is O=C(OCc1ccccc1)N(CCO)Cc1ccccc1. The molecule has 0 saturated carbocycles. The Bertz CT molecular complexity index is 542. The van der Waals surface area contributed by atoms with E-state index >= 15 is 0 Å². The lowest BCUT2D eigenvalue weighted by molar-refractivity contribution is 0.0859. The van der Waals surface area contributed by atoms with E-state index in [1.54, 1.807) is 0 Å². The Labute approximate surface area is 124 Å². The Morgan fingerprint density at radius 2 is 1.52 bits per heavy atom. The van der Waals surface area contributed by atoms with Crippen molar-refractivity contribution in [3.8, 4) is 0 Å². The van der Waals surface area contributed by atoms with Crippen molar-refractivity contribution < 1.29 is 14.6 Å². The van der Waals surface area contributed by atoms with E-state index in [2.05, 4.69) is 0 Å². The normalized spacial score (nSPS) is 10.1. The second-order valence-corrected chi connectivity index (χ2v) is 4.67. The highest BCUT2D eigenvalue weighted by molar-refractivity contribution is 5.67. The molecule has 1 N–H and O–H groups in total. The van der Waals surface area contributed by atoms with Crippen LogP contribution in [0, 0.1) is 0 Å². The van der Waals surface area contributed by atoms with Gasteiger partial charge in [-0.25, -0.2) is 4.79 Å². The molecular weight excluding hydrogens is 266 g/mol. The van der Waals surface area contributed by atoms with E-state index in [1.807, 2.05) is 60.7 Å². The molecule has 0 atom stereocenters. The molecule has 4 heteroatoms. The average molecular weight is 285 g/mol. The Morgan fingerprint density at radius 1 is 0.952 bits per heavy atom. The zero-order valence-electron chi connectivity index (χ0n) is 11.8. The third-order valence-corrected chi connectivity index (χ3v) is 3.05. The number of carbonyl (C=O) groups excluding carboxylic acids is 1. The molecule has 0 aliphatic heterocycles. The van der Waals surface area contributed by atoms with Gasteiger partial charge < -0.3 is 14.7 Å². The molecule has 1 amide bonds. The van der Waals surface area contributed by atoms with E-state index in [-0.39, 0.29) is 19.8 Å². The number of aliphatic hydroxyl groups excluding tert-OH is 1. The van der Waals surface area contributed by atoms with Gasteiger partial charge in [-0.3, -0.25) is 0 Å². The summed E-state index contributed by atoms with van der Waals surface area (Å²) in [6.07, 6.45) is -0.420. The number of nitrogens with zero attached hydrogens (tertiary/aromatic N) is 1. The molecule has 0 aromatic heterocycles. The molecule has 0 spiro atoms. The molecule has 0 radical (unpaired) electrons. The molecule has 0 fully saturated rings. The molecule has 0 aliphatic carbocycles. The van der Waals surface area contributed by atoms with Gasteiger partial charge in [0.1, 0.15) is 6.61 Å². The Balaban J connectivity index is 1.92. The summed E-state index contributed by atoms with van der Waals surface area (Å²) >= 11 is 0. The van der Waals surface area contributed by atoms with Crippen LogP contribution in [0.4, 0.5) is 4.79 Å². The van der Waals surface area contributed by atoms with Crippen LogP contribution >= 0.6 is 0 Å². The standard InChI is InChI=1S/C17H19NO3/c19-12-11-18(13-15-7-3-1-4-8-15)17(20)21-14-16-9-5-2-6-10-16/h1-10,19H,11-14H2. The number of benzene rings is 2. The van der Waals surface area contributed by atoms with Crippen molar-refractivity contribution >= 4 is 6.09 Å². The third kappa shape index (κ3) is 4.93. The molecule has 0 aliphatic rings. The Morgan fingerprint density at radius 3 is 2.10 bits per heavy atom. The Hall–Kier alpha value is -2.33. The molecule has 2 aromatic carbocycles. The molecule has 0 unspecified atom stereocenters. The maximum absolute atomic E-state index is 12.1. The van der Waals surface area contributed by atoms with Crippen LogP contribution in [0.15, 0.2) is 60.7 Å². The van der Waals surface area contributed by atoms with Gasteiger partial charge in [-0.05, 0) is 11.1 Å². The van der Waals surface area contributed by atoms with Gasteiger partial charge >= 0.3 is 6.09 Å². The van der Waals surface area contributed by atoms with Crippen molar-refractivity contribution in [2.75, 3.05) is 13.2 Å². The van der Waals surface area contributed by atoms with Crippen LogP contribution in [0.1, 0.15) is 11.1 Å². The fourth-order valence-corrected chi connectivity index (χ4v) is 1.97. The van der Waals surface area contributed by atoms with Crippen LogP contribution in [0.3, 0.4) is 0 Å². The largest absolute Gasteiger partial charge is 0.445 e. The van der Waals surface area contributed by atoms with Crippen LogP contribution in [0.25, 0.3) is 0 Å². The zero-order chi connectivity index (χ0) is 14.9. The lowest BCUT2D eigenvalue weighted by Gasteiger charge is -2.21. The van der Waals surface area contributed by atoms with E-state index in [9.17, 15) is 4.79 Å². The maximum atomic E-state index is 12.1. The monoisotopic (exact) mass is 285 g/mol. The smallest absolute Gasteiger partial charge is 0.410 e. The minimum Gasteiger partial charge on any atom is -0.445 e. The van der Waals surface area contributed by atoms with Crippen molar-refractivity contribution in [3.05, 3.63) is 71.8 Å². The third-order valence-electron chi connectivity index (χ3n) is 3.05. The number of aliphatic hydroxyl groups is 1. The van der Waals surface area contributed by atoms with Gasteiger partial charge in [-0.1, -0.05) is 60.7 Å². The van der Waals surface area contributed by atoms with Crippen molar-refractivity contribution in [2.24, 2.45) is 0 Å². The van der Waals surface area contributed by atoms with Crippen molar-refractivity contribution in [3.63, 3.8) is 0 Å². The second kappa shape index (κ2) is 8.07. The van der Waals surface area contributed by atoms with Crippen LogP contribution in [0.5, 0.6) is 0 Å². The fraction of sp³-hybridized carbons (Fsp3) is 0.235. The zero-order valence-corrected chi connectivity index (χ0v) is 11.8. The second-order valence-electron chi connectivity index (χ2n) is 4.67. The molecule has 0 bridgehead atoms. The topological polar surface area (TPSA) is 49.8 Å². The molecule has 2 rings (SSSR count). The fourth-order valence-electron chi connectivity index (χ4n) is 1.97. The van der Waals surface area contributed by atoms with Crippen LogP contribution < -0.4 is 0 Å². The predicted molar refractivity (Wildman–Crippen MR) is 80.6 cm³/mol. The van der Waals surface area contributed by atoms with Gasteiger partial charge in [0.05, 0.1) is 6.61 Å². The Kier molecular flexibility index (Phi) is 5.79. The van der Waals surface area contributed by atoms with Crippen molar-refractivity contribution in [2.45, 2.75) is 13.2 Å². The van der Waals surface area contributed by atoms with Gasteiger partial charge in [-0.2, -0.15) is 0 Å². The van der Waals surface area contributed by atoms with E-state index in [1.165, 1.54) is 4.90 Å². The minimum absolute atomic E-state index is 0.0900. The summed E-state index contributed by atoms with van der Waals surface area (Å²) in [6, 6.07) is 19.2. The minimum atomic E-state index is -0.420. The average Bonchev–Trinajstić information content (AvgIpc) is 2.54. The van der Waals surface area contributed by atoms with Gasteiger partial charge in [0.2, 0.25) is 0 Å². The highest BCUT2D eigenvalue weighted by Gasteiger charge is 2.14. The number of rotatable bonds is 6. The molecule has 2 aromatic rings. The summed E-state index contributed by atoms with van der Waals surface area (Å²) in [5.41, 5.74) is 1.94. The van der Waals surface area contributed by atoms with Gasteiger partial charge in [0, 0.05) is 13.1 Å². The number of hydrogen-bond acceptors (Lipinski definition) is 3. The first-order valence-corrected chi connectivity index (χ1v) is 6.90. The van der Waals surface area contributed by atoms with Gasteiger partial charge in [-0.15, -0.1) is 0 Å². The quantitative estimate of drug-likeness (QED) is 0.888. The van der Waals surface area contributed by atoms with Crippen molar-refractivity contribution in [1.29, 1.82) is 0 Å². The van der Waals surface area contributed by atoms with Gasteiger partial charge in [0.25, 0.3) is 0 Å². The first kappa shape index (κ1) is 15.1. The lowest BCUT2D eigenvalue weighted by atomic mass is 10.2. The summed E-state index contributed by atoms with van der Waals surface area (Å²) in [5.74, 6) is 0. The first-order chi connectivity index (χ1) is 10.3. The number of ether oxygens (including phenoxy) is 1. The summed E-state index contributed by atoms with van der Waals surface area (Å²) in [5, 5.41) is 9.10. The van der Waals surface area contributed by atoms with E-state index in [0.29, 0.717) is 6.54 Å². The van der Waals surface area contributed by atoms with Crippen LogP contribution in [0.2, 0.25) is 0 Å². The summed E-state index contributed by atoms with van der Waals surface area (Å²) in [6.45, 7) is 0.821. The van der Waals surface area contributed by atoms with Gasteiger partial charge in [0.15, 0.2) is 0 Å². The molecule has 4 nitrogen and oxygen atoms in total. The molecule has 0 heterocycles. The molecule has 0 saturated heterocycles. The summed E-state index contributed by atoms with van der Waals surface area (Å²) in [7, 11) is 0. The number of amides is 1. The first-order valence-electron chi connectivity index (χ1n) is 6.90. The summed E-state index contributed by atoms with van der Waals surface area (Å²) in [4.78, 5) is 13.6. The number of hydrogen-bond donors (Lipinski definition) is 1. The maximum Gasteiger partial charge on any atom is 0.410 e. The van der Waals surface area contributed by atoms with Crippen LogP contribution in [-0.2, 0) is 17.9 Å². The predicted octanol–water partition coefficient (Wildman–Crippen LogP) is 2.82. The highest BCUT2D eigenvalue weighted by Crippen LogP contribution is 2.08. The van der Waals surface area contributed by atoms with E-state index in [4.69, 9.17) is 9.84 Å². The molecule has 110 valence electrons. The molecular formula is C17H19NO3.